The minimum Gasteiger partial charge on any atom is -0.456 e. The molecular weight excluding hydrogens is 695 g/mol. The Balaban J connectivity index is 1.18. The van der Waals surface area contributed by atoms with Crippen LogP contribution >= 0.6 is 0 Å². The molecule has 0 atom stereocenters. The lowest BCUT2D eigenvalue weighted by atomic mass is 9.92. The molecule has 0 unspecified atom stereocenters. The van der Waals surface area contributed by atoms with E-state index in [0.717, 1.165) is 66.8 Å². The van der Waals surface area contributed by atoms with Gasteiger partial charge in [0.1, 0.15) is 11.2 Å². The first-order chi connectivity index (χ1) is 28.2. The quantitative estimate of drug-likeness (QED) is 0.167. The van der Waals surface area contributed by atoms with E-state index in [1.807, 2.05) is 12.1 Å². The Kier molecular flexibility index (Phi) is 6.19. The molecule has 0 N–H and O–H groups in total. The van der Waals surface area contributed by atoms with Crippen molar-refractivity contribution >= 4 is 76.1 Å². The molecule has 0 amide bonds. The van der Waals surface area contributed by atoms with Gasteiger partial charge in [-0.3, -0.25) is 0 Å². The number of nitrogens with zero attached hydrogens (tertiary/aromatic N) is 3. The summed E-state index contributed by atoms with van der Waals surface area (Å²) in [7, 11) is 0. The predicted molar refractivity (Wildman–Crippen MR) is 235 cm³/mol. The van der Waals surface area contributed by atoms with Crippen LogP contribution in [0.15, 0.2) is 180 Å². The lowest BCUT2D eigenvalue weighted by molar-refractivity contribution is 0.669. The second-order valence-electron chi connectivity index (χ2n) is 15.4. The van der Waals surface area contributed by atoms with E-state index in [2.05, 4.69) is 168 Å². The summed E-state index contributed by atoms with van der Waals surface area (Å²) < 4.78 is 9.11. The number of fused-ring (bicyclic) bond motifs is 15. The molecule has 12 aromatic rings. The first-order valence-electron chi connectivity index (χ1n) is 19.5. The van der Waals surface area contributed by atoms with Gasteiger partial charge in [-0.15, -0.1) is 0 Å². The van der Waals surface area contributed by atoms with Gasteiger partial charge in [0.25, 0.3) is 0 Å². The molecule has 0 fully saturated rings. The maximum absolute atomic E-state index is 6.64. The summed E-state index contributed by atoms with van der Waals surface area (Å²) in [5, 5.41) is 12.0. The van der Waals surface area contributed by atoms with Crippen molar-refractivity contribution in [1.29, 1.82) is 0 Å². The smallest absolute Gasteiger partial charge is 0.160 e. The number of aromatic nitrogens is 3. The lowest BCUT2D eigenvalue weighted by Crippen LogP contribution is -2.05. The van der Waals surface area contributed by atoms with E-state index in [1.54, 1.807) is 0 Å². The molecule has 0 radical (unpaired) electrons. The maximum Gasteiger partial charge on any atom is 0.160 e. The summed E-state index contributed by atoms with van der Waals surface area (Å²) >= 11 is 0. The first kappa shape index (κ1) is 30.7. The molecule has 0 aliphatic carbocycles. The highest BCUT2D eigenvalue weighted by molar-refractivity contribution is 6.16. The highest BCUT2D eigenvalue weighted by Crippen LogP contribution is 2.45. The number of hydrogen-bond acceptors (Lipinski definition) is 3. The fourth-order valence-electron chi connectivity index (χ4n) is 9.45. The zero-order valence-electron chi connectivity index (χ0n) is 30.7. The zero-order chi connectivity index (χ0) is 37.2. The van der Waals surface area contributed by atoms with Gasteiger partial charge in [-0.25, -0.2) is 9.97 Å². The van der Waals surface area contributed by atoms with Crippen molar-refractivity contribution in [3.63, 3.8) is 0 Å². The van der Waals surface area contributed by atoms with Crippen LogP contribution in [-0.4, -0.2) is 14.5 Å². The number of para-hydroxylation sites is 1. The van der Waals surface area contributed by atoms with E-state index in [9.17, 15) is 0 Å². The van der Waals surface area contributed by atoms with Crippen molar-refractivity contribution in [2.24, 2.45) is 0 Å². The first-order valence-corrected chi connectivity index (χ1v) is 19.5. The van der Waals surface area contributed by atoms with Gasteiger partial charge in [-0.1, -0.05) is 133 Å². The Hall–Kier alpha value is -7.56. The summed E-state index contributed by atoms with van der Waals surface area (Å²) in [6.07, 6.45) is 0.659. The van der Waals surface area contributed by atoms with Crippen LogP contribution in [0.2, 0.25) is 0 Å². The number of benzene rings is 9. The molecule has 57 heavy (non-hydrogen) atoms. The molecule has 1 aliphatic heterocycles. The molecule has 4 heteroatoms. The molecule has 0 saturated carbocycles. The van der Waals surface area contributed by atoms with Crippen molar-refractivity contribution in [1.82, 2.24) is 14.5 Å². The molecule has 3 aromatic heterocycles. The summed E-state index contributed by atoms with van der Waals surface area (Å²) in [5.74, 6) is 0.693. The molecule has 1 aliphatic rings. The van der Waals surface area contributed by atoms with Gasteiger partial charge in [-0.05, 0) is 80.3 Å². The van der Waals surface area contributed by atoms with Crippen LogP contribution in [0.4, 0.5) is 0 Å². The third-order valence-electron chi connectivity index (χ3n) is 12.1. The minimum absolute atomic E-state index is 0.659. The van der Waals surface area contributed by atoms with Crippen molar-refractivity contribution < 1.29 is 4.42 Å². The number of rotatable bonds is 2. The number of hydrogen-bond donors (Lipinski definition) is 0. The second kappa shape index (κ2) is 11.5. The molecule has 9 aromatic carbocycles. The Morgan fingerprint density at radius 1 is 0.421 bits per heavy atom. The van der Waals surface area contributed by atoms with Gasteiger partial charge in [-0.2, -0.15) is 0 Å². The molecule has 13 rings (SSSR count). The van der Waals surface area contributed by atoms with Gasteiger partial charge in [0.15, 0.2) is 5.82 Å². The Bertz CT molecular complexity index is 3670. The molecule has 4 nitrogen and oxygen atoms in total. The Morgan fingerprint density at radius 2 is 1.12 bits per heavy atom. The third-order valence-corrected chi connectivity index (χ3v) is 12.1. The Morgan fingerprint density at radius 3 is 2.02 bits per heavy atom. The monoisotopic (exact) mass is 725 g/mol. The van der Waals surface area contributed by atoms with Crippen LogP contribution in [-0.2, 0) is 6.42 Å². The average molecular weight is 726 g/mol. The van der Waals surface area contributed by atoms with Crippen LogP contribution in [0.1, 0.15) is 11.1 Å². The fourth-order valence-corrected chi connectivity index (χ4v) is 9.45. The standard InChI is InChI=1S/C53H31N3O/c1-2-11-33(12-3-1)53-54-51(37-21-23-39-36(26-37)20-19-32-10-6-7-15-38(32)39)45-24-31-18-22-40-42-27-34-13-4-5-14-35(34)28-47(42)56(46(40)25-31)48-29-43-41-16-8-9-17-49(41)57-50(43)30-44(48)52(45)55-53/h1-23,25-30H,24H2. The minimum atomic E-state index is 0.659. The van der Waals surface area contributed by atoms with Crippen molar-refractivity contribution in [2.75, 3.05) is 0 Å². The summed E-state index contributed by atoms with van der Waals surface area (Å²) in [4.78, 5) is 11.1. The summed E-state index contributed by atoms with van der Waals surface area (Å²) in [6.45, 7) is 0. The molecule has 0 spiro atoms. The van der Waals surface area contributed by atoms with E-state index in [0.29, 0.717) is 12.2 Å². The molecule has 2 bridgehead atoms. The summed E-state index contributed by atoms with van der Waals surface area (Å²) in [6, 6.07) is 63.5. The molecule has 0 saturated heterocycles. The Labute approximate surface area is 326 Å². The van der Waals surface area contributed by atoms with Gasteiger partial charge in [0, 0.05) is 50.2 Å². The molecule has 264 valence electrons. The third kappa shape index (κ3) is 4.50. The van der Waals surface area contributed by atoms with Crippen LogP contribution in [0.25, 0.3) is 116 Å². The highest BCUT2D eigenvalue weighted by Gasteiger charge is 2.27. The van der Waals surface area contributed by atoms with Crippen molar-refractivity contribution in [3.8, 4) is 39.6 Å². The largest absolute Gasteiger partial charge is 0.456 e. The zero-order valence-corrected chi connectivity index (χ0v) is 30.7. The van der Waals surface area contributed by atoms with Gasteiger partial charge in [0.2, 0.25) is 0 Å². The van der Waals surface area contributed by atoms with E-state index in [1.165, 1.54) is 54.2 Å². The van der Waals surface area contributed by atoms with Crippen LogP contribution < -0.4 is 0 Å². The van der Waals surface area contributed by atoms with E-state index in [4.69, 9.17) is 14.4 Å². The highest BCUT2D eigenvalue weighted by atomic mass is 16.3. The summed E-state index contributed by atoms with van der Waals surface area (Å²) in [5.41, 5.74) is 12.3. The van der Waals surface area contributed by atoms with Crippen LogP contribution in [0.3, 0.4) is 0 Å². The number of furan rings is 1. The second-order valence-corrected chi connectivity index (χ2v) is 15.4. The van der Waals surface area contributed by atoms with E-state index < -0.39 is 0 Å². The lowest BCUT2D eigenvalue weighted by Gasteiger charge is -2.19. The van der Waals surface area contributed by atoms with Crippen LogP contribution in [0.5, 0.6) is 0 Å². The average Bonchev–Trinajstić information content (AvgIpc) is 3.79. The van der Waals surface area contributed by atoms with Gasteiger partial charge in [0.05, 0.1) is 28.1 Å². The van der Waals surface area contributed by atoms with Gasteiger partial charge < -0.3 is 8.98 Å². The van der Waals surface area contributed by atoms with E-state index in [-0.39, 0.29) is 0 Å². The normalized spacial score (nSPS) is 12.5. The van der Waals surface area contributed by atoms with Crippen LogP contribution in [0, 0.1) is 0 Å². The van der Waals surface area contributed by atoms with Crippen molar-refractivity contribution in [2.45, 2.75) is 6.42 Å². The van der Waals surface area contributed by atoms with Crippen molar-refractivity contribution in [3.05, 3.63) is 187 Å². The maximum atomic E-state index is 6.64. The molecule has 4 heterocycles. The van der Waals surface area contributed by atoms with Gasteiger partial charge >= 0.3 is 0 Å². The predicted octanol–water partition coefficient (Wildman–Crippen LogP) is 13.8. The SMILES string of the molecule is c1ccc(-c2nc(-c3ccc4c(ccc5ccccc54)c3)c3c(n2)-c2cc4oc5ccccc5c4cc2-n2c4cc(ccc4c4cc5ccccc5cc42)C3)cc1. The fraction of sp³-hybridized carbons (Fsp3) is 0.0189. The van der Waals surface area contributed by atoms with E-state index >= 15 is 0 Å². The topological polar surface area (TPSA) is 43.9 Å². The molecular formula is C53H31N3O.